The Bertz CT molecular complexity index is 335. The molecule has 3 heteroatoms. The molecule has 0 aliphatic heterocycles. The largest absolute Gasteiger partial charge is 0.393 e. The van der Waals surface area contributed by atoms with Gasteiger partial charge in [-0.25, -0.2) is 0 Å². The highest BCUT2D eigenvalue weighted by atomic mass is 16.3. The summed E-state index contributed by atoms with van der Waals surface area (Å²) in [6.07, 6.45) is 1.33. The van der Waals surface area contributed by atoms with Gasteiger partial charge in [-0.05, 0) is 25.3 Å². The average molecular weight is 235 g/mol. The van der Waals surface area contributed by atoms with Gasteiger partial charge in [0, 0.05) is 6.42 Å². The van der Waals surface area contributed by atoms with Gasteiger partial charge in [0.15, 0.2) is 0 Å². The molecule has 0 aromatic heterocycles. The quantitative estimate of drug-likeness (QED) is 0.795. The fourth-order valence-electron chi connectivity index (χ4n) is 1.71. The van der Waals surface area contributed by atoms with E-state index in [9.17, 15) is 4.79 Å². The van der Waals surface area contributed by atoms with Gasteiger partial charge in [0.25, 0.3) is 0 Å². The number of carbonyl (C=O) groups excluding carboxylic acids is 1. The van der Waals surface area contributed by atoms with E-state index in [1.165, 1.54) is 0 Å². The highest BCUT2D eigenvalue weighted by Gasteiger charge is 2.12. The molecule has 0 saturated heterocycles. The second kappa shape index (κ2) is 7.07. The fourth-order valence-corrected chi connectivity index (χ4v) is 1.71. The molecule has 1 aromatic rings. The molecule has 0 fully saturated rings. The summed E-state index contributed by atoms with van der Waals surface area (Å²) in [5.41, 5.74) is 1.13. The van der Waals surface area contributed by atoms with Crippen molar-refractivity contribution in [3.63, 3.8) is 0 Å². The lowest BCUT2D eigenvalue weighted by atomic mass is 10.0. The summed E-state index contributed by atoms with van der Waals surface area (Å²) in [5.74, 6) is 0.00148. The standard InChI is InChI=1S/C14H21NO2/c1-3-13(12-7-5-4-6-8-12)15-14(17)10-9-11(2)16/h4-8,11,13,16H,3,9-10H2,1-2H3,(H,15,17). The monoisotopic (exact) mass is 235 g/mol. The smallest absolute Gasteiger partial charge is 0.220 e. The van der Waals surface area contributed by atoms with Gasteiger partial charge in [0.2, 0.25) is 5.91 Å². The van der Waals surface area contributed by atoms with Crippen LogP contribution < -0.4 is 5.32 Å². The van der Waals surface area contributed by atoms with Crippen molar-refractivity contribution in [2.45, 2.75) is 45.3 Å². The van der Waals surface area contributed by atoms with Crippen molar-refractivity contribution in [3.05, 3.63) is 35.9 Å². The predicted molar refractivity (Wildman–Crippen MR) is 68.5 cm³/mol. The van der Waals surface area contributed by atoms with E-state index in [-0.39, 0.29) is 11.9 Å². The Balaban J connectivity index is 2.50. The minimum atomic E-state index is -0.419. The third-order valence-electron chi connectivity index (χ3n) is 2.73. The van der Waals surface area contributed by atoms with Crippen molar-refractivity contribution in [2.75, 3.05) is 0 Å². The molecule has 0 spiro atoms. The summed E-state index contributed by atoms with van der Waals surface area (Å²) in [7, 11) is 0. The third-order valence-corrected chi connectivity index (χ3v) is 2.73. The van der Waals surface area contributed by atoms with Crippen molar-refractivity contribution in [1.29, 1.82) is 0 Å². The van der Waals surface area contributed by atoms with Crippen molar-refractivity contribution in [2.24, 2.45) is 0 Å². The molecule has 0 heterocycles. The SMILES string of the molecule is CCC(NC(=O)CCC(C)O)c1ccccc1. The molecule has 0 aliphatic carbocycles. The van der Waals surface area contributed by atoms with Crippen molar-refractivity contribution in [1.82, 2.24) is 5.32 Å². The number of nitrogens with one attached hydrogen (secondary N) is 1. The van der Waals surface area contributed by atoms with E-state index in [4.69, 9.17) is 5.11 Å². The Morgan fingerprint density at radius 2 is 2.00 bits per heavy atom. The molecule has 0 aliphatic rings. The molecule has 17 heavy (non-hydrogen) atoms. The molecule has 2 atom stereocenters. The molecular formula is C14H21NO2. The molecule has 1 aromatic carbocycles. The van der Waals surface area contributed by atoms with Gasteiger partial charge in [-0.15, -0.1) is 0 Å². The number of amides is 1. The van der Waals surface area contributed by atoms with Gasteiger partial charge in [-0.3, -0.25) is 4.79 Å². The zero-order valence-corrected chi connectivity index (χ0v) is 10.5. The first-order valence-corrected chi connectivity index (χ1v) is 6.15. The van der Waals surface area contributed by atoms with Crippen molar-refractivity contribution < 1.29 is 9.90 Å². The lowest BCUT2D eigenvalue weighted by Crippen LogP contribution is -2.28. The number of carbonyl (C=O) groups is 1. The summed E-state index contributed by atoms with van der Waals surface area (Å²) < 4.78 is 0. The topological polar surface area (TPSA) is 49.3 Å². The predicted octanol–water partition coefficient (Wildman–Crippen LogP) is 2.41. The third kappa shape index (κ3) is 5.00. The molecular weight excluding hydrogens is 214 g/mol. The zero-order chi connectivity index (χ0) is 12.7. The van der Waals surface area contributed by atoms with Crippen LogP contribution in [0.2, 0.25) is 0 Å². The molecule has 1 amide bonds. The number of hydrogen-bond acceptors (Lipinski definition) is 2. The Hall–Kier alpha value is -1.35. The summed E-state index contributed by atoms with van der Waals surface area (Å²) in [5, 5.41) is 12.1. The molecule has 0 bridgehead atoms. The zero-order valence-electron chi connectivity index (χ0n) is 10.5. The van der Waals surface area contributed by atoms with Crippen LogP contribution in [0.3, 0.4) is 0 Å². The van der Waals surface area contributed by atoms with Crippen LogP contribution in [-0.2, 0) is 4.79 Å². The Morgan fingerprint density at radius 1 is 1.35 bits per heavy atom. The minimum Gasteiger partial charge on any atom is -0.393 e. The highest BCUT2D eigenvalue weighted by molar-refractivity contribution is 5.76. The van der Waals surface area contributed by atoms with Crippen LogP contribution in [-0.4, -0.2) is 17.1 Å². The fraction of sp³-hybridized carbons (Fsp3) is 0.500. The lowest BCUT2D eigenvalue weighted by Gasteiger charge is -2.17. The van der Waals surface area contributed by atoms with Gasteiger partial charge in [-0.1, -0.05) is 37.3 Å². The van der Waals surface area contributed by atoms with Crippen LogP contribution in [0.1, 0.15) is 44.7 Å². The van der Waals surface area contributed by atoms with Gasteiger partial charge >= 0.3 is 0 Å². The summed E-state index contributed by atoms with van der Waals surface area (Å²) in [6, 6.07) is 10.0. The van der Waals surface area contributed by atoms with E-state index < -0.39 is 6.10 Å². The van der Waals surface area contributed by atoms with E-state index in [1.54, 1.807) is 6.92 Å². The van der Waals surface area contributed by atoms with Crippen LogP contribution in [0, 0.1) is 0 Å². The number of hydrogen-bond donors (Lipinski definition) is 2. The maximum absolute atomic E-state index is 11.7. The number of benzene rings is 1. The van der Waals surface area contributed by atoms with Crippen LogP contribution in [0.4, 0.5) is 0 Å². The second-order valence-corrected chi connectivity index (χ2v) is 4.33. The number of aliphatic hydroxyl groups excluding tert-OH is 1. The summed E-state index contributed by atoms with van der Waals surface area (Å²) in [4.78, 5) is 11.7. The van der Waals surface area contributed by atoms with Gasteiger partial charge in [-0.2, -0.15) is 0 Å². The maximum atomic E-state index is 11.7. The van der Waals surface area contributed by atoms with Crippen molar-refractivity contribution in [3.8, 4) is 0 Å². The Labute approximate surface area is 103 Å². The second-order valence-electron chi connectivity index (χ2n) is 4.33. The first-order chi connectivity index (χ1) is 8.13. The number of aliphatic hydroxyl groups is 1. The van der Waals surface area contributed by atoms with Crippen LogP contribution in [0.5, 0.6) is 0 Å². The molecule has 3 nitrogen and oxygen atoms in total. The van der Waals surface area contributed by atoms with Gasteiger partial charge in [0.05, 0.1) is 12.1 Å². The molecule has 94 valence electrons. The van der Waals surface area contributed by atoms with E-state index in [2.05, 4.69) is 5.32 Å². The Kier molecular flexibility index (Phi) is 5.70. The summed E-state index contributed by atoms with van der Waals surface area (Å²) >= 11 is 0. The van der Waals surface area contributed by atoms with Crippen LogP contribution >= 0.6 is 0 Å². The maximum Gasteiger partial charge on any atom is 0.220 e. The molecule has 2 unspecified atom stereocenters. The van der Waals surface area contributed by atoms with E-state index >= 15 is 0 Å². The molecule has 2 N–H and O–H groups in total. The number of rotatable bonds is 6. The van der Waals surface area contributed by atoms with Crippen molar-refractivity contribution >= 4 is 5.91 Å². The van der Waals surface area contributed by atoms with E-state index in [1.807, 2.05) is 37.3 Å². The van der Waals surface area contributed by atoms with Crippen LogP contribution in [0.15, 0.2) is 30.3 Å². The molecule has 1 rings (SSSR count). The van der Waals surface area contributed by atoms with E-state index in [0.717, 1.165) is 12.0 Å². The highest BCUT2D eigenvalue weighted by Crippen LogP contribution is 2.16. The molecule has 0 radical (unpaired) electrons. The van der Waals surface area contributed by atoms with E-state index in [0.29, 0.717) is 12.8 Å². The minimum absolute atomic E-state index is 0.00148. The first-order valence-electron chi connectivity index (χ1n) is 6.15. The first kappa shape index (κ1) is 13.7. The normalized spacial score (nSPS) is 14.1. The lowest BCUT2D eigenvalue weighted by molar-refractivity contribution is -0.122. The van der Waals surface area contributed by atoms with Gasteiger partial charge < -0.3 is 10.4 Å². The summed E-state index contributed by atoms with van der Waals surface area (Å²) in [6.45, 7) is 3.74. The Morgan fingerprint density at radius 3 is 2.53 bits per heavy atom. The van der Waals surface area contributed by atoms with Crippen LogP contribution in [0.25, 0.3) is 0 Å². The molecule has 0 saturated carbocycles. The van der Waals surface area contributed by atoms with Gasteiger partial charge in [0.1, 0.15) is 0 Å². The average Bonchev–Trinajstić information content (AvgIpc) is 2.34.